The van der Waals surface area contributed by atoms with Crippen molar-refractivity contribution in [1.29, 1.82) is 0 Å². The van der Waals surface area contributed by atoms with Crippen molar-refractivity contribution in [2.45, 2.75) is 25.9 Å². The molecule has 19 heavy (non-hydrogen) atoms. The second-order valence-electron chi connectivity index (χ2n) is 5.48. The molecule has 0 amide bonds. The number of hydrogen-bond donors (Lipinski definition) is 1. The van der Waals surface area contributed by atoms with Crippen LogP contribution in [0.5, 0.6) is 0 Å². The molecule has 106 valence electrons. The Bertz CT molecular complexity index is 383. The molecule has 1 atom stereocenters. The number of likely N-dealkylation sites (tertiary alicyclic amines) is 1. The third kappa shape index (κ3) is 4.83. The van der Waals surface area contributed by atoms with Gasteiger partial charge in [0.25, 0.3) is 0 Å². The quantitative estimate of drug-likeness (QED) is 0.776. The van der Waals surface area contributed by atoms with Crippen LogP contribution < -0.4 is 0 Å². The van der Waals surface area contributed by atoms with Gasteiger partial charge in [0.05, 0.1) is 6.61 Å². The molecular formula is C16H25NOS. The normalized spacial score (nSPS) is 20.0. The molecule has 0 bridgehead atoms. The summed E-state index contributed by atoms with van der Waals surface area (Å²) in [7, 11) is 0. The van der Waals surface area contributed by atoms with E-state index in [1.807, 2.05) is 17.8 Å². The van der Waals surface area contributed by atoms with E-state index in [0.717, 1.165) is 17.9 Å². The molecular weight excluding hydrogens is 254 g/mol. The molecule has 1 aliphatic heterocycles. The maximum absolute atomic E-state index is 9.18. The molecule has 1 heterocycles. The molecule has 1 saturated heterocycles. The van der Waals surface area contributed by atoms with Crippen molar-refractivity contribution in [3.8, 4) is 0 Å². The van der Waals surface area contributed by atoms with Gasteiger partial charge in [-0.25, -0.2) is 0 Å². The highest BCUT2D eigenvalue weighted by Crippen LogP contribution is 2.21. The molecule has 0 aliphatic carbocycles. The second-order valence-corrected chi connectivity index (χ2v) is 6.47. The van der Waals surface area contributed by atoms with Crippen LogP contribution in [0.2, 0.25) is 0 Å². The van der Waals surface area contributed by atoms with Crippen molar-refractivity contribution in [2.24, 2.45) is 5.92 Å². The highest BCUT2D eigenvalue weighted by Gasteiger charge is 2.21. The van der Waals surface area contributed by atoms with Gasteiger partial charge in [-0.3, -0.25) is 0 Å². The summed E-state index contributed by atoms with van der Waals surface area (Å²) in [5.74, 6) is 2.07. The number of aliphatic hydroxyl groups excluding tert-OH is 1. The van der Waals surface area contributed by atoms with Crippen molar-refractivity contribution < 1.29 is 5.11 Å². The van der Waals surface area contributed by atoms with Crippen molar-refractivity contribution in [1.82, 2.24) is 4.90 Å². The van der Waals surface area contributed by atoms with Crippen LogP contribution in [0, 0.1) is 5.92 Å². The summed E-state index contributed by atoms with van der Waals surface area (Å²) in [6, 6.07) is 8.39. The molecule has 1 aliphatic rings. The van der Waals surface area contributed by atoms with Crippen molar-refractivity contribution in [3.63, 3.8) is 0 Å². The van der Waals surface area contributed by atoms with Gasteiger partial charge in [-0.05, 0) is 61.4 Å². The lowest BCUT2D eigenvalue weighted by atomic mass is 9.97. The molecule has 1 N–H and O–H groups in total. The maximum Gasteiger partial charge on any atom is 0.0681 e. The Labute approximate surface area is 121 Å². The summed E-state index contributed by atoms with van der Waals surface area (Å²) in [6.45, 7) is 3.92. The monoisotopic (exact) mass is 279 g/mol. The molecule has 0 unspecified atom stereocenters. The Morgan fingerprint density at radius 3 is 3.00 bits per heavy atom. The summed E-state index contributed by atoms with van der Waals surface area (Å²) in [4.78, 5) is 2.61. The SMILES string of the molecule is CSCCCN1CC[C@@H](Cc2cccc(CO)c2)C1. The number of rotatable bonds is 7. The number of aliphatic hydroxyl groups is 1. The minimum Gasteiger partial charge on any atom is -0.392 e. The van der Waals surface area contributed by atoms with E-state index >= 15 is 0 Å². The van der Waals surface area contributed by atoms with Gasteiger partial charge in [0.2, 0.25) is 0 Å². The van der Waals surface area contributed by atoms with Crippen LogP contribution >= 0.6 is 11.8 Å². The van der Waals surface area contributed by atoms with Crippen LogP contribution in [0.3, 0.4) is 0 Å². The van der Waals surface area contributed by atoms with Gasteiger partial charge >= 0.3 is 0 Å². The number of hydrogen-bond acceptors (Lipinski definition) is 3. The highest BCUT2D eigenvalue weighted by atomic mass is 32.2. The van der Waals surface area contributed by atoms with Crippen LogP contribution in [0.1, 0.15) is 24.0 Å². The van der Waals surface area contributed by atoms with E-state index in [9.17, 15) is 5.11 Å². The van der Waals surface area contributed by atoms with Crippen LogP contribution in [0.4, 0.5) is 0 Å². The number of benzene rings is 1. The molecule has 1 aromatic carbocycles. The molecule has 0 aromatic heterocycles. The summed E-state index contributed by atoms with van der Waals surface area (Å²) < 4.78 is 0. The minimum absolute atomic E-state index is 0.152. The van der Waals surface area contributed by atoms with Gasteiger partial charge in [-0.2, -0.15) is 11.8 Å². The molecule has 3 heteroatoms. The summed E-state index contributed by atoms with van der Waals surface area (Å²) >= 11 is 1.94. The summed E-state index contributed by atoms with van der Waals surface area (Å²) in [5, 5.41) is 9.18. The zero-order chi connectivity index (χ0) is 13.5. The largest absolute Gasteiger partial charge is 0.392 e. The smallest absolute Gasteiger partial charge is 0.0681 e. The lowest BCUT2D eigenvalue weighted by Gasteiger charge is -2.15. The lowest BCUT2D eigenvalue weighted by molar-refractivity contribution is 0.281. The van der Waals surface area contributed by atoms with Crippen molar-refractivity contribution in [3.05, 3.63) is 35.4 Å². The average Bonchev–Trinajstić information content (AvgIpc) is 2.87. The van der Waals surface area contributed by atoms with Crippen molar-refractivity contribution in [2.75, 3.05) is 31.6 Å². The standard InChI is InChI=1S/C16H25NOS/c1-19-9-3-7-17-8-6-15(12-17)10-14-4-2-5-16(11-14)13-18/h2,4-5,11,15,18H,3,6-10,12-13H2,1H3/t15-/m0/s1. The first-order chi connectivity index (χ1) is 9.31. The summed E-state index contributed by atoms with van der Waals surface area (Å²) in [5.41, 5.74) is 2.41. The number of nitrogens with zero attached hydrogens (tertiary/aromatic N) is 1. The van der Waals surface area contributed by atoms with Gasteiger partial charge in [0.1, 0.15) is 0 Å². The Kier molecular flexibility index (Phi) is 6.21. The lowest BCUT2D eigenvalue weighted by Crippen LogP contribution is -2.22. The van der Waals surface area contributed by atoms with Gasteiger partial charge in [0.15, 0.2) is 0 Å². The predicted octanol–water partition coefficient (Wildman–Crippen LogP) is 2.80. The van der Waals surface area contributed by atoms with Gasteiger partial charge in [0, 0.05) is 6.54 Å². The topological polar surface area (TPSA) is 23.5 Å². The first-order valence-electron chi connectivity index (χ1n) is 7.22. The molecule has 0 radical (unpaired) electrons. The van der Waals surface area contributed by atoms with E-state index in [2.05, 4.69) is 29.4 Å². The first kappa shape index (κ1) is 14.9. The highest BCUT2D eigenvalue weighted by molar-refractivity contribution is 7.98. The van der Waals surface area contributed by atoms with Crippen molar-refractivity contribution >= 4 is 11.8 Å². The predicted molar refractivity (Wildman–Crippen MR) is 83.6 cm³/mol. The molecule has 0 spiro atoms. The van der Waals surface area contributed by atoms with Gasteiger partial charge in [-0.1, -0.05) is 24.3 Å². The maximum atomic E-state index is 9.18. The zero-order valence-corrected chi connectivity index (χ0v) is 12.7. The fraction of sp³-hybridized carbons (Fsp3) is 0.625. The zero-order valence-electron chi connectivity index (χ0n) is 11.8. The third-order valence-electron chi connectivity index (χ3n) is 3.89. The fourth-order valence-electron chi connectivity index (χ4n) is 2.90. The van der Waals surface area contributed by atoms with Crippen LogP contribution in [0.25, 0.3) is 0 Å². The molecule has 2 nitrogen and oxygen atoms in total. The minimum atomic E-state index is 0.152. The molecule has 2 rings (SSSR count). The van der Waals surface area contributed by atoms with E-state index in [0.29, 0.717) is 0 Å². The fourth-order valence-corrected chi connectivity index (χ4v) is 3.32. The Morgan fingerprint density at radius 1 is 1.37 bits per heavy atom. The number of thioether (sulfide) groups is 1. The molecule has 1 fully saturated rings. The molecule has 1 aromatic rings. The van der Waals surface area contributed by atoms with E-state index in [-0.39, 0.29) is 6.61 Å². The van der Waals surface area contributed by atoms with Crippen LogP contribution in [0.15, 0.2) is 24.3 Å². The van der Waals surface area contributed by atoms with E-state index < -0.39 is 0 Å². The average molecular weight is 279 g/mol. The van der Waals surface area contributed by atoms with E-state index in [1.54, 1.807) is 0 Å². The molecule has 0 saturated carbocycles. The second kappa shape index (κ2) is 7.93. The third-order valence-corrected chi connectivity index (χ3v) is 4.59. The Hall–Kier alpha value is -0.510. The Morgan fingerprint density at radius 2 is 2.21 bits per heavy atom. The summed E-state index contributed by atoms with van der Waals surface area (Å²) in [6.07, 6.45) is 5.98. The van der Waals surface area contributed by atoms with E-state index in [4.69, 9.17) is 0 Å². The first-order valence-corrected chi connectivity index (χ1v) is 8.61. The van der Waals surface area contributed by atoms with Crippen LogP contribution in [-0.4, -0.2) is 41.6 Å². The van der Waals surface area contributed by atoms with Gasteiger partial charge < -0.3 is 10.0 Å². The van der Waals surface area contributed by atoms with Gasteiger partial charge in [-0.15, -0.1) is 0 Å². The van der Waals surface area contributed by atoms with Crippen LogP contribution in [-0.2, 0) is 13.0 Å². The van der Waals surface area contributed by atoms with E-state index in [1.165, 1.54) is 43.8 Å². The Balaban J connectivity index is 1.77.